The van der Waals surface area contributed by atoms with Crippen molar-refractivity contribution in [3.8, 4) is 0 Å². The number of hydrogen-bond acceptors (Lipinski definition) is 4. The van der Waals surface area contributed by atoms with Crippen molar-refractivity contribution in [3.05, 3.63) is 0 Å². The van der Waals surface area contributed by atoms with E-state index in [4.69, 9.17) is 5.73 Å². The summed E-state index contributed by atoms with van der Waals surface area (Å²) in [4.78, 5) is 0. The van der Waals surface area contributed by atoms with Gasteiger partial charge in [-0.05, 0) is 38.3 Å². The topological polar surface area (TPSA) is 84.2 Å². The van der Waals surface area contributed by atoms with Crippen molar-refractivity contribution < 1.29 is 8.42 Å². The number of hydrogen-bond donors (Lipinski definition) is 3. The van der Waals surface area contributed by atoms with E-state index >= 15 is 0 Å². The van der Waals surface area contributed by atoms with E-state index in [-0.39, 0.29) is 0 Å². The van der Waals surface area contributed by atoms with Crippen LogP contribution in [0.3, 0.4) is 0 Å². The Morgan fingerprint density at radius 3 is 2.59 bits per heavy atom. The van der Waals surface area contributed by atoms with Crippen LogP contribution in [0, 0.1) is 5.92 Å². The van der Waals surface area contributed by atoms with E-state index < -0.39 is 10.0 Å². The molecule has 1 aliphatic rings. The summed E-state index contributed by atoms with van der Waals surface area (Å²) in [5, 5.41) is 3.49. The van der Waals surface area contributed by atoms with E-state index in [1.807, 2.05) is 0 Å². The molecule has 17 heavy (non-hydrogen) atoms. The Hall–Kier alpha value is -0.170. The normalized spacial score (nSPS) is 26.0. The summed E-state index contributed by atoms with van der Waals surface area (Å²) in [7, 11) is -3.04. The molecule has 0 aromatic carbocycles. The van der Waals surface area contributed by atoms with Gasteiger partial charge in [0, 0.05) is 12.6 Å². The van der Waals surface area contributed by atoms with Gasteiger partial charge in [0.15, 0.2) is 0 Å². The molecule has 2 unspecified atom stereocenters. The standard InChI is InChI=1S/C11H25N3O2S/c1-17(15,16)14-8-4-7-13-11-6-3-2-5-10(11)9-12/h10-11,13-14H,2-9,12H2,1H3. The largest absolute Gasteiger partial charge is 0.330 e. The average molecular weight is 263 g/mol. The zero-order valence-corrected chi connectivity index (χ0v) is 11.4. The highest BCUT2D eigenvalue weighted by atomic mass is 32.2. The maximum absolute atomic E-state index is 10.8. The number of nitrogens with two attached hydrogens (primary N) is 1. The van der Waals surface area contributed by atoms with Gasteiger partial charge in [-0.25, -0.2) is 13.1 Å². The van der Waals surface area contributed by atoms with Crippen molar-refractivity contribution >= 4 is 10.0 Å². The Morgan fingerprint density at radius 2 is 1.94 bits per heavy atom. The van der Waals surface area contributed by atoms with E-state index in [1.54, 1.807) is 0 Å². The SMILES string of the molecule is CS(=O)(=O)NCCCNC1CCCCC1CN. The molecule has 4 N–H and O–H groups in total. The lowest BCUT2D eigenvalue weighted by atomic mass is 9.84. The zero-order chi connectivity index (χ0) is 12.7. The van der Waals surface area contributed by atoms with Gasteiger partial charge in [0.25, 0.3) is 0 Å². The van der Waals surface area contributed by atoms with Gasteiger partial charge in [-0.2, -0.15) is 0 Å². The second-order valence-electron chi connectivity index (χ2n) is 4.86. The molecule has 1 saturated carbocycles. The van der Waals surface area contributed by atoms with Crippen LogP contribution < -0.4 is 15.8 Å². The fourth-order valence-electron chi connectivity index (χ4n) is 2.39. The second-order valence-corrected chi connectivity index (χ2v) is 6.69. The van der Waals surface area contributed by atoms with Crippen LogP contribution in [0.15, 0.2) is 0 Å². The minimum atomic E-state index is -3.04. The Bertz CT molecular complexity index is 306. The Labute approximate surface area is 105 Å². The molecule has 2 atom stereocenters. The van der Waals surface area contributed by atoms with Gasteiger partial charge in [0.2, 0.25) is 10.0 Å². The molecule has 0 saturated heterocycles. The number of sulfonamides is 1. The lowest BCUT2D eigenvalue weighted by Crippen LogP contribution is -2.42. The van der Waals surface area contributed by atoms with Crippen LogP contribution in [0.5, 0.6) is 0 Å². The van der Waals surface area contributed by atoms with Crippen molar-refractivity contribution in [2.24, 2.45) is 11.7 Å². The Balaban J connectivity index is 2.12. The van der Waals surface area contributed by atoms with Crippen LogP contribution in [0.4, 0.5) is 0 Å². The van der Waals surface area contributed by atoms with Crippen molar-refractivity contribution in [3.63, 3.8) is 0 Å². The average Bonchev–Trinajstić information content (AvgIpc) is 2.27. The first kappa shape index (κ1) is 14.9. The first-order valence-corrected chi connectivity index (χ1v) is 8.30. The Kier molecular flexibility index (Phi) is 6.40. The van der Waals surface area contributed by atoms with Gasteiger partial charge in [-0.3, -0.25) is 0 Å². The third kappa shape index (κ3) is 6.35. The Morgan fingerprint density at radius 1 is 1.24 bits per heavy atom. The van der Waals surface area contributed by atoms with E-state index in [1.165, 1.54) is 31.9 Å². The molecule has 0 amide bonds. The summed E-state index contributed by atoms with van der Waals surface area (Å²) in [6.45, 7) is 2.11. The van der Waals surface area contributed by atoms with Gasteiger partial charge in [-0.1, -0.05) is 12.8 Å². The molecule has 1 fully saturated rings. The van der Waals surface area contributed by atoms with Gasteiger partial charge < -0.3 is 11.1 Å². The first-order valence-electron chi connectivity index (χ1n) is 6.41. The van der Waals surface area contributed by atoms with Crippen molar-refractivity contribution in [2.45, 2.75) is 38.1 Å². The summed E-state index contributed by atoms with van der Waals surface area (Å²) in [6.07, 6.45) is 6.98. The minimum absolute atomic E-state index is 0.506. The fourth-order valence-corrected chi connectivity index (χ4v) is 2.91. The molecule has 0 aliphatic heterocycles. The highest BCUT2D eigenvalue weighted by Gasteiger charge is 2.22. The van der Waals surface area contributed by atoms with Crippen molar-refractivity contribution in [2.75, 3.05) is 25.9 Å². The highest BCUT2D eigenvalue weighted by Crippen LogP contribution is 2.23. The highest BCUT2D eigenvalue weighted by molar-refractivity contribution is 7.88. The predicted octanol–water partition coefficient (Wildman–Crippen LogP) is 0.0328. The van der Waals surface area contributed by atoms with Crippen LogP contribution in [-0.2, 0) is 10.0 Å². The molecular weight excluding hydrogens is 238 g/mol. The van der Waals surface area contributed by atoms with E-state index in [0.717, 1.165) is 19.5 Å². The zero-order valence-electron chi connectivity index (χ0n) is 10.6. The smallest absolute Gasteiger partial charge is 0.208 e. The lowest BCUT2D eigenvalue weighted by Gasteiger charge is -2.31. The minimum Gasteiger partial charge on any atom is -0.330 e. The number of rotatable bonds is 7. The van der Waals surface area contributed by atoms with Crippen LogP contribution >= 0.6 is 0 Å². The molecular formula is C11H25N3O2S. The molecule has 0 radical (unpaired) electrons. The van der Waals surface area contributed by atoms with E-state index in [2.05, 4.69) is 10.0 Å². The van der Waals surface area contributed by atoms with Gasteiger partial charge in [-0.15, -0.1) is 0 Å². The monoisotopic (exact) mass is 263 g/mol. The summed E-state index contributed by atoms with van der Waals surface area (Å²) in [5.74, 6) is 0.589. The molecule has 0 bridgehead atoms. The van der Waals surface area contributed by atoms with Crippen LogP contribution in [0.2, 0.25) is 0 Å². The predicted molar refractivity (Wildman–Crippen MR) is 70.3 cm³/mol. The summed E-state index contributed by atoms with van der Waals surface area (Å²) in [5.41, 5.74) is 5.75. The van der Waals surface area contributed by atoms with E-state index in [0.29, 0.717) is 18.5 Å². The third-order valence-electron chi connectivity index (χ3n) is 3.34. The summed E-state index contributed by atoms with van der Waals surface area (Å²) in [6, 6.07) is 0.520. The molecule has 102 valence electrons. The molecule has 1 aliphatic carbocycles. The van der Waals surface area contributed by atoms with Gasteiger partial charge in [0.1, 0.15) is 0 Å². The summed E-state index contributed by atoms with van der Waals surface area (Å²) >= 11 is 0. The number of nitrogens with one attached hydrogen (secondary N) is 2. The van der Waals surface area contributed by atoms with Gasteiger partial charge >= 0.3 is 0 Å². The molecule has 0 aromatic rings. The molecule has 0 spiro atoms. The molecule has 1 rings (SSSR count). The maximum atomic E-state index is 10.8. The van der Waals surface area contributed by atoms with Gasteiger partial charge in [0.05, 0.1) is 6.26 Å². The quantitative estimate of drug-likeness (QED) is 0.566. The van der Waals surface area contributed by atoms with Crippen molar-refractivity contribution in [1.29, 1.82) is 0 Å². The van der Waals surface area contributed by atoms with Crippen LogP contribution in [0.25, 0.3) is 0 Å². The van der Waals surface area contributed by atoms with Crippen molar-refractivity contribution in [1.82, 2.24) is 10.0 Å². The van der Waals surface area contributed by atoms with Crippen LogP contribution in [0.1, 0.15) is 32.1 Å². The molecule has 6 heteroatoms. The lowest BCUT2D eigenvalue weighted by molar-refractivity contribution is 0.268. The molecule has 5 nitrogen and oxygen atoms in total. The summed E-state index contributed by atoms with van der Waals surface area (Å²) < 4.78 is 24.2. The second kappa shape index (κ2) is 7.31. The van der Waals surface area contributed by atoms with E-state index in [9.17, 15) is 8.42 Å². The first-order chi connectivity index (χ1) is 8.03. The fraction of sp³-hybridized carbons (Fsp3) is 1.00. The molecule has 0 heterocycles. The van der Waals surface area contributed by atoms with Crippen LogP contribution in [-0.4, -0.2) is 40.3 Å². The maximum Gasteiger partial charge on any atom is 0.208 e. The molecule has 0 aromatic heterocycles. The third-order valence-corrected chi connectivity index (χ3v) is 4.06.